The first-order valence-electron chi connectivity index (χ1n) is 5.54. The number of benzene rings is 1. The average Bonchev–Trinajstić information content (AvgIpc) is 2.88. The van der Waals surface area contributed by atoms with Crippen molar-refractivity contribution in [1.29, 1.82) is 0 Å². The smallest absolute Gasteiger partial charge is 0.337 e. The number of para-hydroxylation sites is 1. The SMILES string of the molecule is NS(=O)(=O)c1csc(C(=O)Nc2ccccc2C(=O)O)c1. The summed E-state index contributed by atoms with van der Waals surface area (Å²) in [5.41, 5.74) is 0.0645. The summed E-state index contributed by atoms with van der Waals surface area (Å²) in [5, 5.41) is 17.6. The number of carbonyl (C=O) groups excluding carboxylic acids is 1. The zero-order chi connectivity index (χ0) is 15.6. The summed E-state index contributed by atoms with van der Waals surface area (Å²) in [5.74, 6) is -1.79. The van der Waals surface area contributed by atoms with E-state index in [-0.39, 0.29) is 21.0 Å². The lowest BCUT2D eigenvalue weighted by molar-refractivity contribution is 0.0698. The van der Waals surface area contributed by atoms with E-state index in [4.69, 9.17) is 10.2 Å². The second kappa shape index (κ2) is 5.64. The number of amides is 1. The molecule has 0 aliphatic rings. The van der Waals surface area contributed by atoms with Gasteiger partial charge in [0, 0.05) is 5.38 Å². The van der Waals surface area contributed by atoms with Crippen LogP contribution in [-0.2, 0) is 10.0 Å². The van der Waals surface area contributed by atoms with Gasteiger partial charge in [-0.25, -0.2) is 18.4 Å². The van der Waals surface area contributed by atoms with E-state index >= 15 is 0 Å². The van der Waals surface area contributed by atoms with Gasteiger partial charge in [-0.1, -0.05) is 12.1 Å². The van der Waals surface area contributed by atoms with Crippen LogP contribution in [0.5, 0.6) is 0 Å². The van der Waals surface area contributed by atoms with Gasteiger partial charge in [0.25, 0.3) is 5.91 Å². The molecule has 4 N–H and O–H groups in total. The fourth-order valence-electron chi connectivity index (χ4n) is 1.55. The van der Waals surface area contributed by atoms with Gasteiger partial charge in [0.2, 0.25) is 10.0 Å². The molecule has 2 aromatic rings. The van der Waals surface area contributed by atoms with Crippen LogP contribution in [-0.4, -0.2) is 25.4 Å². The topological polar surface area (TPSA) is 127 Å². The van der Waals surface area contributed by atoms with Crippen LogP contribution >= 0.6 is 11.3 Å². The number of sulfonamides is 1. The maximum absolute atomic E-state index is 12.0. The Labute approximate surface area is 124 Å². The molecule has 0 saturated heterocycles. The molecule has 21 heavy (non-hydrogen) atoms. The highest BCUT2D eigenvalue weighted by atomic mass is 32.2. The molecule has 1 heterocycles. The van der Waals surface area contributed by atoms with Crippen LogP contribution in [0.1, 0.15) is 20.0 Å². The van der Waals surface area contributed by atoms with Crippen molar-refractivity contribution in [2.24, 2.45) is 5.14 Å². The van der Waals surface area contributed by atoms with E-state index in [1.165, 1.54) is 23.6 Å². The largest absolute Gasteiger partial charge is 0.478 e. The van der Waals surface area contributed by atoms with Crippen molar-refractivity contribution >= 4 is 38.9 Å². The van der Waals surface area contributed by atoms with Gasteiger partial charge < -0.3 is 10.4 Å². The van der Waals surface area contributed by atoms with Crippen LogP contribution in [0.3, 0.4) is 0 Å². The molecule has 1 aromatic heterocycles. The van der Waals surface area contributed by atoms with Crippen molar-refractivity contribution in [3.05, 3.63) is 46.2 Å². The third-order valence-electron chi connectivity index (χ3n) is 2.53. The Bertz CT molecular complexity index is 811. The van der Waals surface area contributed by atoms with Crippen molar-refractivity contribution in [2.75, 3.05) is 5.32 Å². The van der Waals surface area contributed by atoms with Gasteiger partial charge in [0.1, 0.15) is 0 Å². The second-order valence-electron chi connectivity index (χ2n) is 4.00. The lowest BCUT2D eigenvalue weighted by atomic mass is 10.2. The van der Waals surface area contributed by atoms with Gasteiger partial charge in [-0.15, -0.1) is 11.3 Å². The predicted molar refractivity (Wildman–Crippen MR) is 77.0 cm³/mol. The van der Waals surface area contributed by atoms with E-state index in [0.717, 1.165) is 17.4 Å². The molecule has 0 unspecified atom stereocenters. The molecule has 0 fully saturated rings. The molecule has 2 rings (SSSR count). The fraction of sp³-hybridized carbons (Fsp3) is 0. The summed E-state index contributed by atoms with van der Waals surface area (Å²) in [6.45, 7) is 0. The zero-order valence-electron chi connectivity index (χ0n) is 10.4. The molecular formula is C12H10N2O5S2. The first kappa shape index (κ1) is 15.2. The van der Waals surface area contributed by atoms with Crippen LogP contribution < -0.4 is 10.5 Å². The van der Waals surface area contributed by atoms with Crippen molar-refractivity contribution in [2.45, 2.75) is 4.90 Å². The quantitative estimate of drug-likeness (QED) is 0.781. The number of carbonyl (C=O) groups is 2. The molecule has 0 radical (unpaired) electrons. The van der Waals surface area contributed by atoms with Gasteiger partial charge in [0.05, 0.1) is 21.0 Å². The molecule has 0 aliphatic carbocycles. The van der Waals surface area contributed by atoms with Gasteiger partial charge in [-0.05, 0) is 18.2 Å². The van der Waals surface area contributed by atoms with E-state index in [2.05, 4.69) is 5.32 Å². The highest BCUT2D eigenvalue weighted by molar-refractivity contribution is 7.89. The molecule has 0 bridgehead atoms. The van der Waals surface area contributed by atoms with Crippen LogP contribution in [0.15, 0.2) is 40.6 Å². The number of nitrogens with two attached hydrogens (primary N) is 1. The minimum Gasteiger partial charge on any atom is -0.478 e. The standard InChI is InChI=1S/C12H10N2O5S2/c13-21(18,19)7-5-10(20-6-7)11(15)14-9-4-2-1-3-8(9)12(16)17/h1-6H,(H,14,15)(H,16,17)(H2,13,18,19). The third-order valence-corrected chi connectivity index (χ3v) is 4.50. The molecule has 110 valence electrons. The van der Waals surface area contributed by atoms with E-state index in [1.54, 1.807) is 6.07 Å². The number of carboxylic acids is 1. The lowest BCUT2D eigenvalue weighted by Crippen LogP contribution is -2.14. The number of thiophene rings is 1. The van der Waals surface area contributed by atoms with Crippen LogP contribution in [0, 0.1) is 0 Å². The predicted octanol–water partition coefficient (Wildman–Crippen LogP) is 1.35. The summed E-state index contributed by atoms with van der Waals surface area (Å²) in [4.78, 5) is 23.0. The second-order valence-corrected chi connectivity index (χ2v) is 6.47. The van der Waals surface area contributed by atoms with E-state index in [1.807, 2.05) is 0 Å². The van der Waals surface area contributed by atoms with Gasteiger partial charge >= 0.3 is 5.97 Å². The Kier molecular flexibility index (Phi) is 4.07. The molecule has 1 aromatic carbocycles. The summed E-state index contributed by atoms with van der Waals surface area (Å²) in [6.07, 6.45) is 0. The average molecular weight is 326 g/mol. The third kappa shape index (κ3) is 3.45. The molecule has 7 nitrogen and oxygen atoms in total. The van der Waals surface area contributed by atoms with Crippen molar-refractivity contribution < 1.29 is 23.1 Å². The highest BCUT2D eigenvalue weighted by Gasteiger charge is 2.17. The van der Waals surface area contributed by atoms with Crippen LogP contribution in [0.25, 0.3) is 0 Å². The van der Waals surface area contributed by atoms with E-state index < -0.39 is 21.9 Å². The number of nitrogens with one attached hydrogen (secondary N) is 1. The Balaban J connectivity index is 2.27. The summed E-state index contributed by atoms with van der Waals surface area (Å²) in [7, 11) is -3.87. The maximum Gasteiger partial charge on any atom is 0.337 e. The molecular weight excluding hydrogens is 316 g/mol. The summed E-state index contributed by atoms with van der Waals surface area (Å²) < 4.78 is 22.3. The van der Waals surface area contributed by atoms with Crippen molar-refractivity contribution in [3.8, 4) is 0 Å². The van der Waals surface area contributed by atoms with Crippen molar-refractivity contribution in [3.63, 3.8) is 0 Å². The monoisotopic (exact) mass is 326 g/mol. The maximum atomic E-state index is 12.0. The summed E-state index contributed by atoms with van der Waals surface area (Å²) in [6, 6.07) is 7.03. The van der Waals surface area contributed by atoms with Crippen LogP contribution in [0.4, 0.5) is 5.69 Å². The number of primary sulfonamides is 1. The fourth-order valence-corrected chi connectivity index (χ4v) is 3.25. The Morgan fingerprint density at radius 1 is 1.24 bits per heavy atom. The van der Waals surface area contributed by atoms with Crippen LogP contribution in [0.2, 0.25) is 0 Å². The lowest BCUT2D eigenvalue weighted by Gasteiger charge is -2.06. The molecule has 0 spiro atoms. The Morgan fingerprint density at radius 2 is 1.90 bits per heavy atom. The normalized spacial score (nSPS) is 11.1. The molecule has 0 atom stereocenters. The first-order chi connectivity index (χ1) is 9.79. The van der Waals surface area contributed by atoms with E-state index in [9.17, 15) is 18.0 Å². The molecule has 0 aliphatic heterocycles. The minimum atomic E-state index is -3.87. The number of carboxylic acid groups (broad SMARTS) is 1. The number of rotatable bonds is 4. The number of hydrogen-bond acceptors (Lipinski definition) is 5. The minimum absolute atomic E-state index is 0.0610. The Hall–Kier alpha value is -2.23. The zero-order valence-corrected chi connectivity index (χ0v) is 12.1. The highest BCUT2D eigenvalue weighted by Crippen LogP contribution is 2.21. The first-order valence-corrected chi connectivity index (χ1v) is 7.96. The summed E-state index contributed by atoms with van der Waals surface area (Å²) >= 11 is 0.899. The Morgan fingerprint density at radius 3 is 2.48 bits per heavy atom. The number of aromatic carboxylic acids is 1. The van der Waals surface area contributed by atoms with Gasteiger partial charge in [-0.2, -0.15) is 0 Å². The van der Waals surface area contributed by atoms with E-state index in [0.29, 0.717) is 0 Å². The van der Waals surface area contributed by atoms with Gasteiger partial charge in [0.15, 0.2) is 0 Å². The molecule has 1 amide bonds. The number of anilines is 1. The van der Waals surface area contributed by atoms with Crippen molar-refractivity contribution in [1.82, 2.24) is 0 Å². The van der Waals surface area contributed by atoms with Gasteiger partial charge in [-0.3, -0.25) is 4.79 Å². The molecule has 0 saturated carbocycles. The molecule has 9 heteroatoms. The number of hydrogen-bond donors (Lipinski definition) is 3.